The van der Waals surface area contributed by atoms with Crippen LogP contribution in [-0.4, -0.2) is 71.0 Å². The van der Waals surface area contributed by atoms with Crippen molar-refractivity contribution < 1.29 is 19.0 Å². The highest BCUT2D eigenvalue weighted by atomic mass is 16.2. The van der Waals surface area contributed by atoms with Gasteiger partial charge in [0.1, 0.15) is 6.21 Å². The number of rotatable bonds is 2. The summed E-state index contributed by atoms with van der Waals surface area (Å²) >= 11 is 0. The van der Waals surface area contributed by atoms with Gasteiger partial charge in [-0.05, 0) is 24.8 Å². The molecule has 0 bridgehead atoms. The number of hydrogen-bond acceptors (Lipinski definition) is 4. The predicted octanol–water partition coefficient (Wildman–Crippen LogP) is 0.893. The van der Waals surface area contributed by atoms with Crippen LogP contribution in [0.15, 0.2) is 16.6 Å². The first kappa shape index (κ1) is 16.5. The smallest absolute Gasteiger partial charge is 0.335 e. The lowest BCUT2D eigenvalue weighted by Crippen LogP contribution is -2.52. The maximum Gasteiger partial charge on any atom is 0.445 e. The molecule has 3 heterocycles. The molecule has 0 N–H and O–H groups in total. The number of nitrogens with zero attached hydrogens (tertiary/aromatic N) is 4. The molecule has 1 fully saturated rings. The van der Waals surface area contributed by atoms with Crippen molar-refractivity contribution in [3.8, 4) is 0 Å². The standard InChI is InChI=1S/C17H23N4O3/c1-10(2)13-6-5-7-21(13)15(22)11-8-12-14(18-9-11)19(3)17(24)20(4)16(12)23/h8-10,12-13H,5-7H2,1-4H3/q+1. The minimum Gasteiger partial charge on any atom is -0.335 e. The number of amidine groups is 1. The number of urea groups is 1. The normalized spacial score (nSPS) is 27.1. The molecule has 3 aliphatic rings. The number of imide groups is 1. The molecule has 4 amide bonds. The largest absolute Gasteiger partial charge is 0.445 e. The zero-order valence-electron chi connectivity index (χ0n) is 14.5. The minimum atomic E-state index is -0.679. The van der Waals surface area contributed by atoms with Gasteiger partial charge in [-0.15, -0.1) is 4.99 Å². The molecule has 1 saturated heterocycles. The van der Waals surface area contributed by atoms with E-state index < -0.39 is 11.9 Å². The van der Waals surface area contributed by atoms with E-state index in [9.17, 15) is 14.4 Å². The molecule has 7 heteroatoms. The number of likely N-dealkylation sites (tertiary alicyclic amines) is 1. The van der Waals surface area contributed by atoms with E-state index in [0.29, 0.717) is 17.3 Å². The van der Waals surface area contributed by atoms with Crippen LogP contribution >= 0.6 is 0 Å². The Morgan fingerprint density at radius 2 is 2.08 bits per heavy atom. The second-order valence-electron chi connectivity index (χ2n) is 6.91. The van der Waals surface area contributed by atoms with Crippen molar-refractivity contribution in [2.75, 3.05) is 20.6 Å². The first-order chi connectivity index (χ1) is 11.3. The van der Waals surface area contributed by atoms with Gasteiger partial charge in [0.25, 0.3) is 11.7 Å². The van der Waals surface area contributed by atoms with Gasteiger partial charge in [-0.1, -0.05) is 13.8 Å². The van der Waals surface area contributed by atoms with E-state index >= 15 is 0 Å². The SMILES string of the molecule is CC(C)C1CCCN1C(=O)C1=CC2C(=O)N(C)C(=O)[N+](C)=C2N=C1. The summed E-state index contributed by atoms with van der Waals surface area (Å²) in [5.74, 6) is -0.338. The van der Waals surface area contributed by atoms with E-state index in [0.717, 1.165) is 24.3 Å². The van der Waals surface area contributed by atoms with Gasteiger partial charge in [0.05, 0.1) is 19.7 Å². The van der Waals surface area contributed by atoms with Crippen molar-refractivity contribution in [2.24, 2.45) is 16.8 Å². The fourth-order valence-corrected chi connectivity index (χ4v) is 3.65. The quantitative estimate of drug-likeness (QED) is 0.706. The fourth-order valence-electron chi connectivity index (χ4n) is 3.65. The summed E-state index contributed by atoms with van der Waals surface area (Å²) in [6, 6.07) is -0.183. The third-order valence-corrected chi connectivity index (χ3v) is 5.05. The predicted molar refractivity (Wildman–Crippen MR) is 89.0 cm³/mol. The molecule has 7 nitrogen and oxygen atoms in total. The summed E-state index contributed by atoms with van der Waals surface area (Å²) in [6.45, 7) is 4.97. The van der Waals surface area contributed by atoms with E-state index in [2.05, 4.69) is 18.8 Å². The van der Waals surface area contributed by atoms with Crippen LogP contribution < -0.4 is 0 Å². The second-order valence-corrected chi connectivity index (χ2v) is 6.91. The summed E-state index contributed by atoms with van der Waals surface area (Å²) in [5, 5.41) is 0. The van der Waals surface area contributed by atoms with Crippen molar-refractivity contribution in [3.05, 3.63) is 11.6 Å². The Bertz CT molecular complexity index is 705. The molecule has 2 unspecified atom stereocenters. The fraction of sp³-hybridized carbons (Fsp3) is 0.588. The maximum atomic E-state index is 12.9. The third kappa shape index (κ3) is 2.48. The number of carbonyl (C=O) groups is 3. The lowest BCUT2D eigenvalue weighted by Gasteiger charge is -2.29. The van der Waals surface area contributed by atoms with E-state index in [1.165, 1.54) is 17.8 Å². The number of fused-ring (bicyclic) bond motifs is 1. The lowest BCUT2D eigenvalue weighted by atomic mass is 9.97. The second kappa shape index (κ2) is 5.96. The van der Waals surface area contributed by atoms with Gasteiger partial charge in [0.15, 0.2) is 5.92 Å². The van der Waals surface area contributed by atoms with Crippen LogP contribution in [0, 0.1) is 11.8 Å². The summed E-state index contributed by atoms with van der Waals surface area (Å²) in [5.41, 5.74) is 0.431. The summed E-state index contributed by atoms with van der Waals surface area (Å²) < 4.78 is 1.35. The molecule has 0 aromatic carbocycles. The number of dihydropyridines is 1. The van der Waals surface area contributed by atoms with Gasteiger partial charge < -0.3 is 4.90 Å². The Morgan fingerprint density at radius 3 is 2.75 bits per heavy atom. The number of hydrogen-bond donors (Lipinski definition) is 0. The Balaban J connectivity index is 1.91. The molecule has 3 rings (SSSR count). The Hall–Kier alpha value is -2.31. The monoisotopic (exact) mass is 331 g/mol. The van der Waals surface area contributed by atoms with Crippen LogP contribution in [-0.2, 0) is 9.59 Å². The molecule has 0 spiro atoms. The van der Waals surface area contributed by atoms with E-state index in [1.54, 1.807) is 13.1 Å². The van der Waals surface area contributed by atoms with Crippen LogP contribution in [0.1, 0.15) is 26.7 Å². The molecule has 128 valence electrons. The van der Waals surface area contributed by atoms with E-state index in [1.807, 2.05) is 4.90 Å². The van der Waals surface area contributed by atoms with Crippen LogP contribution in [0.4, 0.5) is 4.79 Å². The summed E-state index contributed by atoms with van der Waals surface area (Å²) in [6.07, 6.45) is 5.13. The van der Waals surface area contributed by atoms with Gasteiger partial charge in [0.2, 0.25) is 0 Å². The van der Waals surface area contributed by atoms with Crippen molar-refractivity contribution in [3.63, 3.8) is 0 Å². The summed E-state index contributed by atoms with van der Waals surface area (Å²) in [4.78, 5) is 44.4. The number of carbonyl (C=O) groups excluding carboxylic acids is 3. The molecular formula is C17H23N4O3+. The maximum absolute atomic E-state index is 12.9. The number of aliphatic imine (C=N–C) groups is 1. The average molecular weight is 331 g/mol. The van der Waals surface area contributed by atoms with Crippen molar-refractivity contribution in [1.82, 2.24) is 9.80 Å². The zero-order valence-corrected chi connectivity index (χ0v) is 14.5. The topological polar surface area (TPSA) is 73.1 Å². The molecule has 24 heavy (non-hydrogen) atoms. The highest BCUT2D eigenvalue weighted by molar-refractivity contribution is 6.21. The van der Waals surface area contributed by atoms with Crippen molar-refractivity contribution in [2.45, 2.75) is 32.7 Å². The van der Waals surface area contributed by atoms with Crippen LogP contribution in [0.3, 0.4) is 0 Å². The molecule has 3 aliphatic heterocycles. The Kier molecular flexibility index (Phi) is 4.11. The summed E-state index contributed by atoms with van der Waals surface area (Å²) in [7, 11) is 3.03. The van der Waals surface area contributed by atoms with Gasteiger partial charge in [0, 0.05) is 12.6 Å². The average Bonchev–Trinajstić information content (AvgIpc) is 3.06. The van der Waals surface area contributed by atoms with Crippen LogP contribution in [0.25, 0.3) is 0 Å². The first-order valence-corrected chi connectivity index (χ1v) is 8.32. The third-order valence-electron chi connectivity index (χ3n) is 5.05. The van der Waals surface area contributed by atoms with E-state index in [4.69, 9.17) is 0 Å². The van der Waals surface area contributed by atoms with Gasteiger partial charge in [-0.25, -0.2) is 4.79 Å². The Morgan fingerprint density at radius 1 is 1.38 bits per heavy atom. The number of amides is 4. The van der Waals surface area contributed by atoms with Gasteiger partial charge >= 0.3 is 11.9 Å². The highest BCUT2D eigenvalue weighted by Crippen LogP contribution is 2.27. The first-order valence-electron chi connectivity index (χ1n) is 8.32. The molecule has 0 aliphatic carbocycles. The van der Waals surface area contributed by atoms with Crippen molar-refractivity contribution in [1.29, 1.82) is 0 Å². The lowest BCUT2D eigenvalue weighted by molar-refractivity contribution is -0.407. The highest BCUT2D eigenvalue weighted by Gasteiger charge is 2.45. The zero-order chi connectivity index (χ0) is 17.6. The van der Waals surface area contributed by atoms with Gasteiger partial charge in [-0.3, -0.25) is 9.59 Å². The van der Waals surface area contributed by atoms with Crippen LogP contribution in [0.2, 0.25) is 0 Å². The molecule has 0 saturated carbocycles. The molecule has 0 radical (unpaired) electrons. The van der Waals surface area contributed by atoms with E-state index in [-0.39, 0.29) is 17.9 Å². The molecular weight excluding hydrogens is 308 g/mol. The van der Waals surface area contributed by atoms with Gasteiger partial charge in [-0.2, -0.15) is 9.48 Å². The minimum absolute atomic E-state index is 0.0796. The molecule has 2 atom stereocenters. The van der Waals surface area contributed by atoms with Crippen LogP contribution in [0.5, 0.6) is 0 Å². The van der Waals surface area contributed by atoms with Crippen molar-refractivity contribution >= 4 is 29.9 Å². The molecule has 0 aromatic rings. The molecule has 0 aromatic heterocycles. The Labute approximate surface area is 141 Å².